The minimum atomic E-state index is -0.739. The highest BCUT2D eigenvalue weighted by molar-refractivity contribution is 4.63. The van der Waals surface area contributed by atoms with Gasteiger partial charge in [0.25, 0.3) is 0 Å². The van der Waals surface area contributed by atoms with E-state index in [0.717, 1.165) is 19.3 Å². The van der Waals surface area contributed by atoms with Crippen molar-refractivity contribution in [3.05, 3.63) is 0 Å². The van der Waals surface area contributed by atoms with Gasteiger partial charge in [0.15, 0.2) is 0 Å². The van der Waals surface area contributed by atoms with Crippen LogP contribution in [0.15, 0.2) is 0 Å². The van der Waals surface area contributed by atoms with Crippen molar-refractivity contribution in [3.8, 4) is 0 Å². The highest BCUT2D eigenvalue weighted by Gasteiger charge is 2.11. The number of hydrogen-bond acceptors (Lipinski definition) is 3. The summed E-state index contributed by atoms with van der Waals surface area (Å²) in [6.07, 6.45) is 2.42. The molecule has 0 heterocycles. The van der Waals surface area contributed by atoms with E-state index in [2.05, 4.69) is 6.92 Å². The molecule has 10 heavy (non-hydrogen) atoms. The van der Waals surface area contributed by atoms with E-state index in [1.807, 2.05) is 0 Å². The number of aliphatic hydroxyl groups excluding tert-OH is 1. The molecule has 0 rings (SSSR count). The van der Waals surface area contributed by atoms with Gasteiger partial charge < -0.3 is 16.6 Å². The van der Waals surface area contributed by atoms with Gasteiger partial charge in [0.2, 0.25) is 0 Å². The monoisotopic (exact) mass is 146 g/mol. The predicted molar refractivity (Wildman–Crippen MR) is 42.3 cm³/mol. The van der Waals surface area contributed by atoms with Gasteiger partial charge in [0, 0.05) is 5.92 Å². The van der Waals surface area contributed by atoms with Crippen LogP contribution in [0.5, 0.6) is 0 Å². The zero-order valence-corrected chi connectivity index (χ0v) is 6.59. The van der Waals surface area contributed by atoms with Crippen molar-refractivity contribution in [3.63, 3.8) is 0 Å². The molecule has 0 aromatic rings. The summed E-state index contributed by atoms with van der Waals surface area (Å²) < 4.78 is 0. The Morgan fingerprint density at radius 2 is 2.10 bits per heavy atom. The number of nitrogens with two attached hydrogens (primary N) is 2. The second-order valence-electron chi connectivity index (χ2n) is 2.63. The second-order valence-corrected chi connectivity index (χ2v) is 2.63. The number of hydrogen-bond donors (Lipinski definition) is 3. The van der Waals surface area contributed by atoms with Gasteiger partial charge in [-0.15, -0.1) is 0 Å². The molecule has 0 amide bonds. The van der Waals surface area contributed by atoms with Crippen LogP contribution in [-0.4, -0.2) is 17.9 Å². The third kappa shape index (κ3) is 3.82. The summed E-state index contributed by atoms with van der Waals surface area (Å²) >= 11 is 0. The van der Waals surface area contributed by atoms with E-state index < -0.39 is 6.23 Å². The van der Waals surface area contributed by atoms with Crippen molar-refractivity contribution in [2.75, 3.05) is 6.54 Å². The van der Waals surface area contributed by atoms with Crippen LogP contribution in [0.25, 0.3) is 0 Å². The Labute approximate surface area is 62.4 Å². The second kappa shape index (κ2) is 5.65. The van der Waals surface area contributed by atoms with E-state index in [4.69, 9.17) is 16.6 Å². The van der Waals surface area contributed by atoms with Crippen molar-refractivity contribution in [1.82, 2.24) is 0 Å². The van der Waals surface area contributed by atoms with Crippen molar-refractivity contribution < 1.29 is 5.11 Å². The Kier molecular flexibility index (Phi) is 5.58. The van der Waals surface area contributed by atoms with Gasteiger partial charge in [-0.25, -0.2) is 0 Å². The molecular weight excluding hydrogens is 128 g/mol. The Morgan fingerprint density at radius 3 is 2.40 bits per heavy atom. The third-order valence-corrected chi connectivity index (χ3v) is 1.71. The van der Waals surface area contributed by atoms with Crippen LogP contribution in [0, 0.1) is 5.92 Å². The molecule has 62 valence electrons. The predicted octanol–water partition coefficient (Wildman–Crippen LogP) is 0.0286. The molecule has 0 saturated heterocycles. The van der Waals surface area contributed by atoms with Gasteiger partial charge in [-0.2, -0.15) is 0 Å². The van der Waals surface area contributed by atoms with Gasteiger partial charge in [0.1, 0.15) is 6.23 Å². The van der Waals surface area contributed by atoms with Crippen LogP contribution in [-0.2, 0) is 0 Å². The largest absolute Gasteiger partial charge is 0.379 e. The first kappa shape index (κ1) is 9.88. The van der Waals surface area contributed by atoms with Gasteiger partial charge >= 0.3 is 0 Å². The molecule has 0 aliphatic carbocycles. The molecule has 0 fully saturated rings. The average molecular weight is 146 g/mol. The Morgan fingerprint density at radius 1 is 1.50 bits per heavy atom. The van der Waals surface area contributed by atoms with Crippen LogP contribution < -0.4 is 11.5 Å². The molecule has 5 N–H and O–H groups in total. The maximum atomic E-state index is 8.94. The minimum absolute atomic E-state index is 0.0833. The van der Waals surface area contributed by atoms with Crippen molar-refractivity contribution in [2.24, 2.45) is 17.4 Å². The van der Waals surface area contributed by atoms with Crippen LogP contribution >= 0.6 is 0 Å². The lowest BCUT2D eigenvalue weighted by Crippen LogP contribution is -2.34. The first-order valence-corrected chi connectivity index (χ1v) is 3.86. The molecule has 0 radical (unpaired) electrons. The Hall–Kier alpha value is -0.120. The lowest BCUT2D eigenvalue weighted by molar-refractivity contribution is 0.111. The number of unbranched alkanes of at least 4 members (excludes halogenated alkanes) is 1. The molecule has 0 spiro atoms. The summed E-state index contributed by atoms with van der Waals surface area (Å²) in [4.78, 5) is 0. The van der Waals surface area contributed by atoms with E-state index in [0.29, 0.717) is 6.54 Å². The van der Waals surface area contributed by atoms with Crippen LogP contribution in [0.1, 0.15) is 26.2 Å². The molecule has 2 atom stereocenters. The van der Waals surface area contributed by atoms with Gasteiger partial charge in [0.05, 0.1) is 0 Å². The molecule has 3 nitrogen and oxygen atoms in total. The highest BCUT2D eigenvalue weighted by Crippen LogP contribution is 2.08. The number of rotatable bonds is 5. The fourth-order valence-corrected chi connectivity index (χ4v) is 0.894. The number of aliphatic hydroxyl groups is 1. The zero-order chi connectivity index (χ0) is 7.98. The quantitative estimate of drug-likeness (QED) is 0.479. The molecule has 0 aromatic heterocycles. The van der Waals surface area contributed by atoms with E-state index in [-0.39, 0.29) is 5.92 Å². The SMILES string of the molecule is CCCCC(CN)C(N)O. The minimum Gasteiger partial charge on any atom is -0.379 e. The fourth-order valence-electron chi connectivity index (χ4n) is 0.894. The first-order valence-electron chi connectivity index (χ1n) is 3.86. The molecular formula is C7H18N2O. The van der Waals surface area contributed by atoms with Crippen LogP contribution in [0.2, 0.25) is 0 Å². The Bertz CT molecular complexity index is 76.0. The van der Waals surface area contributed by atoms with E-state index in [1.54, 1.807) is 0 Å². The van der Waals surface area contributed by atoms with Crippen molar-refractivity contribution in [1.29, 1.82) is 0 Å². The lowest BCUT2D eigenvalue weighted by Gasteiger charge is -2.16. The topological polar surface area (TPSA) is 72.3 Å². The molecule has 0 saturated carbocycles. The van der Waals surface area contributed by atoms with E-state index in [1.165, 1.54) is 0 Å². The normalized spacial score (nSPS) is 16.8. The third-order valence-electron chi connectivity index (χ3n) is 1.71. The summed E-state index contributed by atoms with van der Waals surface area (Å²) in [5.41, 5.74) is 10.6. The summed E-state index contributed by atoms with van der Waals surface area (Å²) in [5, 5.41) is 8.94. The lowest BCUT2D eigenvalue weighted by atomic mass is 10.0. The molecule has 0 bridgehead atoms. The molecule has 0 aliphatic rings. The van der Waals surface area contributed by atoms with E-state index in [9.17, 15) is 0 Å². The average Bonchev–Trinajstić information content (AvgIpc) is 1.89. The van der Waals surface area contributed by atoms with Crippen LogP contribution in [0.3, 0.4) is 0 Å². The summed E-state index contributed by atoms with van der Waals surface area (Å²) in [6, 6.07) is 0. The molecule has 3 heteroatoms. The maximum absolute atomic E-state index is 8.94. The summed E-state index contributed by atoms with van der Waals surface area (Å²) in [5.74, 6) is 0.0833. The van der Waals surface area contributed by atoms with E-state index >= 15 is 0 Å². The van der Waals surface area contributed by atoms with Gasteiger partial charge in [-0.1, -0.05) is 19.8 Å². The zero-order valence-electron chi connectivity index (χ0n) is 6.59. The van der Waals surface area contributed by atoms with Gasteiger partial charge in [-0.3, -0.25) is 0 Å². The maximum Gasteiger partial charge on any atom is 0.106 e. The Balaban J connectivity index is 3.40. The van der Waals surface area contributed by atoms with Crippen LogP contribution in [0.4, 0.5) is 0 Å². The van der Waals surface area contributed by atoms with Crippen molar-refractivity contribution >= 4 is 0 Å². The standard InChI is InChI=1S/C7H18N2O/c1-2-3-4-6(5-8)7(9)10/h6-7,10H,2-5,8-9H2,1H3. The fraction of sp³-hybridized carbons (Fsp3) is 1.00. The summed E-state index contributed by atoms with van der Waals surface area (Å²) in [7, 11) is 0. The molecule has 2 unspecified atom stereocenters. The van der Waals surface area contributed by atoms with Gasteiger partial charge in [-0.05, 0) is 13.0 Å². The van der Waals surface area contributed by atoms with Crippen molar-refractivity contribution in [2.45, 2.75) is 32.4 Å². The first-order chi connectivity index (χ1) is 4.72. The molecule has 0 aliphatic heterocycles. The smallest absolute Gasteiger partial charge is 0.106 e. The summed E-state index contributed by atoms with van der Waals surface area (Å²) in [6.45, 7) is 2.59. The highest BCUT2D eigenvalue weighted by atomic mass is 16.3. The molecule has 0 aromatic carbocycles.